The number of carboxylic acids is 1. The van der Waals surface area contributed by atoms with Gasteiger partial charge in [-0.3, -0.25) is 19.7 Å². The van der Waals surface area contributed by atoms with Gasteiger partial charge in [-0.05, 0) is 61.3 Å². The molecule has 1 saturated heterocycles. The largest absolute Gasteiger partial charge is 0.508 e. The highest BCUT2D eigenvalue weighted by atomic mass is 16.4. The molecular weight excluding hydrogens is 488 g/mol. The molecule has 1 aromatic rings. The number of carbonyl (C=O) groups excluding carboxylic acids is 3. The highest BCUT2D eigenvalue weighted by molar-refractivity contribution is 5.92. The molecular formula is C28H44N4O6. The molecule has 5 atom stereocenters. The van der Waals surface area contributed by atoms with E-state index in [4.69, 9.17) is 0 Å². The number of hydrogen-bond donors (Lipinski definition) is 5. The Morgan fingerprint density at radius 1 is 1.16 bits per heavy atom. The smallest absolute Gasteiger partial charge is 0.326 e. The van der Waals surface area contributed by atoms with Gasteiger partial charge in [0.2, 0.25) is 18.2 Å². The molecule has 1 aliphatic heterocycles. The minimum atomic E-state index is -1.12. The molecule has 3 amide bonds. The van der Waals surface area contributed by atoms with Crippen molar-refractivity contribution in [1.82, 2.24) is 20.9 Å². The zero-order valence-corrected chi connectivity index (χ0v) is 23.2. The van der Waals surface area contributed by atoms with Crippen LogP contribution in [0.2, 0.25) is 0 Å². The van der Waals surface area contributed by atoms with E-state index in [0.717, 1.165) is 18.5 Å². The molecule has 0 saturated carbocycles. The number of aromatic hydroxyl groups is 1. The van der Waals surface area contributed by atoms with Crippen LogP contribution >= 0.6 is 0 Å². The summed E-state index contributed by atoms with van der Waals surface area (Å²) in [5.74, 6) is -2.37. The third-order valence-corrected chi connectivity index (χ3v) is 7.13. The predicted octanol–water partition coefficient (Wildman–Crippen LogP) is 2.40. The Morgan fingerprint density at radius 2 is 1.82 bits per heavy atom. The van der Waals surface area contributed by atoms with E-state index in [2.05, 4.69) is 16.0 Å². The van der Waals surface area contributed by atoms with E-state index in [9.17, 15) is 29.4 Å². The van der Waals surface area contributed by atoms with Crippen LogP contribution in [0.3, 0.4) is 0 Å². The van der Waals surface area contributed by atoms with Gasteiger partial charge in [0.05, 0.1) is 6.17 Å². The number of amides is 3. The molecule has 5 N–H and O–H groups in total. The zero-order valence-electron chi connectivity index (χ0n) is 23.2. The van der Waals surface area contributed by atoms with Gasteiger partial charge < -0.3 is 25.7 Å². The van der Waals surface area contributed by atoms with Crippen LogP contribution in [0.5, 0.6) is 5.75 Å². The van der Waals surface area contributed by atoms with Gasteiger partial charge in [0, 0.05) is 6.42 Å². The molecule has 2 rings (SSSR count). The lowest BCUT2D eigenvalue weighted by molar-refractivity contribution is -0.143. The number of rotatable bonds is 14. The van der Waals surface area contributed by atoms with Crippen LogP contribution in [0.1, 0.15) is 72.3 Å². The normalized spacial score (nSPS) is 18.6. The number of nitrogens with zero attached hydrogens (tertiary/aromatic N) is 1. The van der Waals surface area contributed by atoms with Crippen molar-refractivity contribution in [3.63, 3.8) is 0 Å². The summed E-state index contributed by atoms with van der Waals surface area (Å²) in [6.45, 7) is 10.4. The lowest BCUT2D eigenvalue weighted by atomic mass is 9.88. The van der Waals surface area contributed by atoms with Crippen molar-refractivity contribution in [2.75, 3.05) is 6.54 Å². The first-order valence-electron chi connectivity index (χ1n) is 13.4. The van der Waals surface area contributed by atoms with E-state index in [0.29, 0.717) is 25.7 Å². The Hall–Kier alpha value is -3.14. The van der Waals surface area contributed by atoms with Gasteiger partial charge in [-0.2, -0.15) is 0 Å². The summed E-state index contributed by atoms with van der Waals surface area (Å²) in [5, 5.41) is 28.1. The van der Waals surface area contributed by atoms with Gasteiger partial charge in [0.1, 0.15) is 23.9 Å². The molecule has 0 aliphatic carbocycles. The van der Waals surface area contributed by atoms with Crippen molar-refractivity contribution in [3.05, 3.63) is 29.8 Å². The molecule has 1 heterocycles. The summed E-state index contributed by atoms with van der Waals surface area (Å²) in [4.78, 5) is 52.5. The molecule has 0 bridgehead atoms. The van der Waals surface area contributed by atoms with Crippen LogP contribution in [0.4, 0.5) is 0 Å². The quantitative estimate of drug-likeness (QED) is 0.231. The molecule has 1 fully saturated rings. The third kappa shape index (κ3) is 9.31. The number of hydrogen-bond acceptors (Lipinski definition) is 6. The Labute approximate surface area is 225 Å². The minimum absolute atomic E-state index is 0.0902. The Balaban J connectivity index is 2.28. The second-order valence-corrected chi connectivity index (χ2v) is 11.4. The topological polar surface area (TPSA) is 148 Å². The maximum atomic E-state index is 13.7. The average molecular weight is 533 g/mol. The molecule has 38 heavy (non-hydrogen) atoms. The van der Waals surface area contributed by atoms with Gasteiger partial charge in [0.15, 0.2) is 0 Å². The molecule has 10 heteroatoms. The first-order valence-corrected chi connectivity index (χ1v) is 13.4. The number of phenols is 1. The maximum absolute atomic E-state index is 13.7. The molecule has 10 nitrogen and oxygen atoms in total. The second-order valence-electron chi connectivity index (χ2n) is 11.4. The molecule has 0 radical (unpaired) electrons. The fourth-order valence-electron chi connectivity index (χ4n) is 4.52. The van der Waals surface area contributed by atoms with Crippen molar-refractivity contribution >= 4 is 24.2 Å². The maximum Gasteiger partial charge on any atom is 0.326 e. The SMILES string of the molecule is CC[C@H](C)[C@H](NC(=O)[C@H](Cc1ccc(O)cc1)N(C=O)[C@H]1CCCN1)C(=O)N[C@@H](CCC(C)(C)C)C(=O)O. The number of benzene rings is 1. The first-order chi connectivity index (χ1) is 17.9. The highest BCUT2D eigenvalue weighted by Gasteiger charge is 2.36. The van der Waals surface area contributed by atoms with Crippen molar-refractivity contribution in [2.45, 2.75) is 97.4 Å². The predicted molar refractivity (Wildman–Crippen MR) is 144 cm³/mol. The fourth-order valence-corrected chi connectivity index (χ4v) is 4.52. The highest BCUT2D eigenvalue weighted by Crippen LogP contribution is 2.22. The molecule has 1 aromatic carbocycles. The fraction of sp³-hybridized carbons (Fsp3) is 0.643. The summed E-state index contributed by atoms with van der Waals surface area (Å²) in [5.41, 5.74) is 0.641. The molecule has 212 valence electrons. The van der Waals surface area contributed by atoms with E-state index >= 15 is 0 Å². The third-order valence-electron chi connectivity index (χ3n) is 7.13. The van der Waals surface area contributed by atoms with Crippen LogP contribution in [-0.2, 0) is 25.6 Å². The van der Waals surface area contributed by atoms with Gasteiger partial charge >= 0.3 is 5.97 Å². The van der Waals surface area contributed by atoms with Crippen LogP contribution < -0.4 is 16.0 Å². The summed E-state index contributed by atoms with van der Waals surface area (Å²) < 4.78 is 0. The van der Waals surface area contributed by atoms with Crippen LogP contribution in [-0.4, -0.2) is 70.1 Å². The molecule has 0 unspecified atom stereocenters. The number of phenolic OH excluding ortho intramolecular Hbond substituents is 1. The zero-order chi connectivity index (χ0) is 28.5. The van der Waals surface area contributed by atoms with E-state index in [1.54, 1.807) is 12.1 Å². The summed E-state index contributed by atoms with van der Waals surface area (Å²) in [6, 6.07) is 3.44. The summed E-state index contributed by atoms with van der Waals surface area (Å²) in [7, 11) is 0. The lowest BCUT2D eigenvalue weighted by Gasteiger charge is -2.34. The van der Waals surface area contributed by atoms with E-state index in [-0.39, 0.29) is 36.1 Å². The average Bonchev–Trinajstić information content (AvgIpc) is 3.39. The van der Waals surface area contributed by atoms with Crippen molar-refractivity contribution < 1.29 is 29.4 Å². The van der Waals surface area contributed by atoms with E-state index < -0.39 is 35.9 Å². The van der Waals surface area contributed by atoms with Gasteiger partial charge in [-0.15, -0.1) is 0 Å². The van der Waals surface area contributed by atoms with Gasteiger partial charge in [0.25, 0.3) is 0 Å². The summed E-state index contributed by atoms with van der Waals surface area (Å²) in [6.07, 6.45) is 3.52. The van der Waals surface area contributed by atoms with Crippen molar-refractivity contribution in [1.29, 1.82) is 0 Å². The first kappa shape index (κ1) is 31.1. The number of aliphatic carboxylic acids is 1. The Bertz CT molecular complexity index is 940. The van der Waals surface area contributed by atoms with Crippen LogP contribution in [0.25, 0.3) is 0 Å². The van der Waals surface area contributed by atoms with Gasteiger partial charge in [-0.1, -0.05) is 53.2 Å². The van der Waals surface area contributed by atoms with Crippen molar-refractivity contribution in [2.24, 2.45) is 11.3 Å². The number of carbonyl (C=O) groups is 4. The van der Waals surface area contributed by atoms with Crippen LogP contribution in [0.15, 0.2) is 24.3 Å². The second kappa shape index (κ2) is 14.1. The molecule has 0 aromatic heterocycles. The Kier molecular flexibility index (Phi) is 11.6. The molecule has 0 spiro atoms. The van der Waals surface area contributed by atoms with Crippen molar-refractivity contribution in [3.8, 4) is 5.75 Å². The lowest BCUT2D eigenvalue weighted by Crippen LogP contribution is -2.60. The van der Waals surface area contributed by atoms with E-state index in [1.807, 2.05) is 34.6 Å². The Morgan fingerprint density at radius 3 is 2.32 bits per heavy atom. The monoisotopic (exact) mass is 532 g/mol. The minimum Gasteiger partial charge on any atom is -0.508 e. The number of nitrogens with one attached hydrogen (secondary N) is 3. The molecule has 1 aliphatic rings. The van der Waals surface area contributed by atoms with Gasteiger partial charge in [-0.25, -0.2) is 4.79 Å². The summed E-state index contributed by atoms with van der Waals surface area (Å²) >= 11 is 0. The van der Waals surface area contributed by atoms with E-state index in [1.165, 1.54) is 17.0 Å². The number of carboxylic acid groups (broad SMARTS) is 1. The standard InChI is InChI=1S/C28H44N4O6/c1-6-18(2)24(26(36)30-21(27(37)38)13-14-28(3,4)5)31-25(35)22(16-19-9-11-20(34)12-10-19)32(17-33)23-8-7-15-29-23/h9-12,17-18,21-24,29,34H,6-8,13-16H2,1-5H3,(H,30,36)(H,31,35)(H,37,38)/t18-,21-,22-,23-,24-/m0/s1. The van der Waals surface area contributed by atoms with Crippen LogP contribution in [0, 0.1) is 11.3 Å².